The molecule has 0 aliphatic carbocycles. The SMILES string of the molecule is Cc1oc(/N=N/c2cc3ccccc3c(C(=O)Nc3ccccn3)c2O)c(C=O)c1C. The summed E-state index contributed by atoms with van der Waals surface area (Å²) >= 11 is 0. The minimum atomic E-state index is -0.539. The molecule has 2 aromatic carbocycles. The number of phenols is 1. The average molecular weight is 414 g/mol. The van der Waals surface area contributed by atoms with Crippen LogP contribution in [0.25, 0.3) is 10.8 Å². The number of azo groups is 1. The molecule has 0 aliphatic rings. The summed E-state index contributed by atoms with van der Waals surface area (Å²) in [6.45, 7) is 3.46. The number of aldehydes is 1. The van der Waals surface area contributed by atoms with Gasteiger partial charge in [-0.25, -0.2) is 4.98 Å². The zero-order valence-electron chi connectivity index (χ0n) is 16.8. The number of hydrogen-bond acceptors (Lipinski definition) is 7. The van der Waals surface area contributed by atoms with Gasteiger partial charge in [-0.1, -0.05) is 30.3 Å². The fourth-order valence-electron chi connectivity index (χ4n) is 3.18. The van der Waals surface area contributed by atoms with Crippen molar-refractivity contribution in [2.75, 3.05) is 5.32 Å². The lowest BCUT2D eigenvalue weighted by Crippen LogP contribution is -2.13. The minimum Gasteiger partial charge on any atom is -0.505 e. The van der Waals surface area contributed by atoms with Gasteiger partial charge in [0.05, 0.1) is 11.1 Å². The number of carbonyl (C=O) groups excluding carboxylic acids is 2. The van der Waals surface area contributed by atoms with Crippen LogP contribution < -0.4 is 5.32 Å². The Bertz CT molecular complexity index is 1330. The third-order valence-corrected chi connectivity index (χ3v) is 4.91. The molecule has 2 N–H and O–H groups in total. The van der Waals surface area contributed by atoms with E-state index in [4.69, 9.17) is 4.42 Å². The van der Waals surface area contributed by atoms with Crippen LogP contribution >= 0.6 is 0 Å². The van der Waals surface area contributed by atoms with Crippen LogP contribution in [0.5, 0.6) is 5.75 Å². The molecule has 0 atom stereocenters. The molecule has 154 valence electrons. The van der Waals surface area contributed by atoms with E-state index in [0.29, 0.717) is 34.2 Å². The second kappa shape index (κ2) is 8.19. The number of anilines is 1. The fraction of sp³-hybridized carbons (Fsp3) is 0.0870. The largest absolute Gasteiger partial charge is 0.505 e. The van der Waals surface area contributed by atoms with Gasteiger partial charge >= 0.3 is 0 Å². The molecular weight excluding hydrogens is 396 g/mol. The third-order valence-electron chi connectivity index (χ3n) is 4.91. The number of aromatic nitrogens is 1. The van der Waals surface area contributed by atoms with Gasteiger partial charge in [-0.2, -0.15) is 0 Å². The maximum absolute atomic E-state index is 13.0. The van der Waals surface area contributed by atoms with Gasteiger partial charge in [0.1, 0.15) is 17.3 Å². The predicted molar refractivity (Wildman–Crippen MR) is 116 cm³/mol. The lowest BCUT2D eigenvalue weighted by atomic mass is 10.0. The number of fused-ring (bicyclic) bond motifs is 1. The number of rotatable bonds is 5. The van der Waals surface area contributed by atoms with Crippen molar-refractivity contribution in [3.63, 3.8) is 0 Å². The maximum Gasteiger partial charge on any atom is 0.261 e. The molecule has 8 heteroatoms. The smallest absolute Gasteiger partial charge is 0.261 e. The molecule has 1 amide bonds. The zero-order valence-corrected chi connectivity index (χ0v) is 16.8. The average Bonchev–Trinajstić information content (AvgIpc) is 3.05. The highest BCUT2D eigenvalue weighted by Crippen LogP contribution is 2.38. The van der Waals surface area contributed by atoms with Crippen molar-refractivity contribution >= 4 is 40.4 Å². The summed E-state index contributed by atoms with van der Waals surface area (Å²) in [4.78, 5) is 28.4. The minimum absolute atomic E-state index is 0.0389. The number of nitrogens with one attached hydrogen (secondary N) is 1. The molecule has 0 spiro atoms. The molecule has 4 aromatic rings. The standard InChI is InChI=1S/C23H18N4O4/c1-13-14(2)31-23(17(13)12-28)27-26-18-11-15-7-3-4-8-16(15)20(21(18)29)22(30)25-19-9-5-6-10-24-19/h3-12,29H,1-2H3,(H,24,25,30)/b27-26+. The van der Waals surface area contributed by atoms with E-state index >= 15 is 0 Å². The van der Waals surface area contributed by atoms with Crippen molar-refractivity contribution in [1.82, 2.24) is 4.98 Å². The van der Waals surface area contributed by atoms with Crippen LogP contribution in [-0.2, 0) is 0 Å². The van der Waals surface area contributed by atoms with Crippen LogP contribution in [0.15, 0.2) is 69.4 Å². The first-order valence-corrected chi connectivity index (χ1v) is 9.43. The van der Waals surface area contributed by atoms with E-state index < -0.39 is 5.91 Å². The van der Waals surface area contributed by atoms with E-state index in [1.807, 2.05) is 6.07 Å². The van der Waals surface area contributed by atoms with Crippen LogP contribution in [0.1, 0.15) is 32.0 Å². The van der Waals surface area contributed by atoms with Crippen molar-refractivity contribution in [3.05, 3.63) is 77.2 Å². The first-order valence-electron chi connectivity index (χ1n) is 9.43. The number of amides is 1. The number of pyridine rings is 1. The van der Waals surface area contributed by atoms with Gasteiger partial charge in [0.15, 0.2) is 12.0 Å². The Morgan fingerprint density at radius 3 is 2.65 bits per heavy atom. The van der Waals surface area contributed by atoms with Gasteiger partial charge in [0.25, 0.3) is 5.91 Å². The van der Waals surface area contributed by atoms with E-state index in [2.05, 4.69) is 20.5 Å². The number of aromatic hydroxyl groups is 1. The van der Waals surface area contributed by atoms with Crippen LogP contribution in [0.3, 0.4) is 0 Å². The quantitative estimate of drug-likeness (QED) is 0.324. The Labute approximate surface area is 177 Å². The summed E-state index contributed by atoms with van der Waals surface area (Å²) in [6.07, 6.45) is 2.20. The molecule has 0 bridgehead atoms. The van der Waals surface area contributed by atoms with Crippen molar-refractivity contribution in [3.8, 4) is 5.75 Å². The Hall–Kier alpha value is -4.33. The molecule has 0 fully saturated rings. The van der Waals surface area contributed by atoms with Crippen molar-refractivity contribution in [2.45, 2.75) is 13.8 Å². The molecule has 0 unspecified atom stereocenters. The summed E-state index contributed by atoms with van der Waals surface area (Å²) in [6, 6.07) is 13.8. The van der Waals surface area contributed by atoms with Gasteiger partial charge in [0, 0.05) is 11.8 Å². The number of aryl methyl sites for hydroxylation is 1. The molecular formula is C23H18N4O4. The lowest BCUT2D eigenvalue weighted by molar-refractivity contribution is 0.102. The van der Waals surface area contributed by atoms with Crippen molar-refractivity contribution in [2.24, 2.45) is 10.2 Å². The van der Waals surface area contributed by atoms with E-state index in [1.54, 1.807) is 62.5 Å². The van der Waals surface area contributed by atoms with Crippen LogP contribution in [0.2, 0.25) is 0 Å². The number of benzene rings is 2. The molecule has 2 heterocycles. The molecule has 31 heavy (non-hydrogen) atoms. The number of furan rings is 1. The summed E-state index contributed by atoms with van der Waals surface area (Å²) in [7, 11) is 0. The van der Waals surface area contributed by atoms with E-state index in [-0.39, 0.29) is 28.4 Å². The molecule has 0 saturated heterocycles. The molecule has 4 rings (SSSR count). The molecule has 0 radical (unpaired) electrons. The number of nitrogens with zero attached hydrogens (tertiary/aromatic N) is 3. The normalized spacial score (nSPS) is 11.2. The monoisotopic (exact) mass is 414 g/mol. The lowest BCUT2D eigenvalue weighted by Gasteiger charge is -2.11. The summed E-state index contributed by atoms with van der Waals surface area (Å²) in [5.74, 6) is 0.0534. The highest BCUT2D eigenvalue weighted by Gasteiger charge is 2.20. The summed E-state index contributed by atoms with van der Waals surface area (Å²) in [5.41, 5.74) is 1.06. The first-order chi connectivity index (χ1) is 15.0. The van der Waals surface area contributed by atoms with Crippen LogP contribution in [-0.4, -0.2) is 22.3 Å². The van der Waals surface area contributed by atoms with Gasteiger partial charge in [-0.15, -0.1) is 10.2 Å². The van der Waals surface area contributed by atoms with Crippen molar-refractivity contribution in [1.29, 1.82) is 0 Å². The van der Waals surface area contributed by atoms with E-state index in [0.717, 1.165) is 0 Å². The zero-order chi connectivity index (χ0) is 22.0. The number of carbonyl (C=O) groups is 2. The first kappa shape index (κ1) is 20.0. The molecule has 8 nitrogen and oxygen atoms in total. The van der Waals surface area contributed by atoms with Crippen LogP contribution in [0.4, 0.5) is 17.4 Å². The predicted octanol–water partition coefficient (Wildman–Crippen LogP) is 5.63. The molecule has 0 aliphatic heterocycles. The highest BCUT2D eigenvalue weighted by atomic mass is 16.4. The van der Waals surface area contributed by atoms with Gasteiger partial charge in [-0.3, -0.25) is 9.59 Å². The Morgan fingerprint density at radius 1 is 1.13 bits per heavy atom. The highest BCUT2D eigenvalue weighted by molar-refractivity contribution is 6.16. The Morgan fingerprint density at radius 2 is 1.90 bits per heavy atom. The van der Waals surface area contributed by atoms with Crippen molar-refractivity contribution < 1.29 is 19.1 Å². The Kier molecular flexibility index (Phi) is 5.28. The fourth-order valence-corrected chi connectivity index (χ4v) is 3.18. The van der Waals surface area contributed by atoms with E-state index in [1.165, 1.54) is 0 Å². The second-order valence-corrected chi connectivity index (χ2v) is 6.83. The number of phenolic OH excluding ortho intramolecular Hbond substituents is 1. The maximum atomic E-state index is 13.0. The third kappa shape index (κ3) is 3.78. The molecule has 0 saturated carbocycles. The molecule has 2 aromatic heterocycles. The van der Waals surface area contributed by atoms with Gasteiger partial charge < -0.3 is 14.8 Å². The van der Waals surface area contributed by atoms with Gasteiger partial charge in [-0.05, 0) is 42.8 Å². The summed E-state index contributed by atoms with van der Waals surface area (Å²) in [5, 5.41) is 22.8. The summed E-state index contributed by atoms with van der Waals surface area (Å²) < 4.78 is 5.48. The van der Waals surface area contributed by atoms with E-state index in [9.17, 15) is 14.7 Å². The second-order valence-electron chi connectivity index (χ2n) is 6.83. The Balaban J connectivity index is 1.80. The number of hydrogen-bond donors (Lipinski definition) is 2. The van der Waals surface area contributed by atoms with Gasteiger partial charge in [0.2, 0.25) is 5.88 Å². The van der Waals surface area contributed by atoms with Crippen LogP contribution in [0, 0.1) is 13.8 Å². The topological polar surface area (TPSA) is 117 Å².